The van der Waals surface area contributed by atoms with E-state index in [-0.39, 0.29) is 17.6 Å². The lowest BCUT2D eigenvalue weighted by Gasteiger charge is -2.26. The van der Waals surface area contributed by atoms with Crippen molar-refractivity contribution in [1.29, 1.82) is 0 Å². The maximum atomic E-state index is 13.2. The minimum absolute atomic E-state index is 0.0127. The van der Waals surface area contributed by atoms with Crippen LogP contribution in [-0.2, 0) is 11.0 Å². The second-order valence-corrected chi connectivity index (χ2v) is 9.86. The molecule has 1 saturated heterocycles. The number of carbonyl (C=O) groups is 1. The zero-order valence-electron chi connectivity index (χ0n) is 21.5. The van der Waals surface area contributed by atoms with Crippen LogP contribution in [0.2, 0.25) is 5.02 Å². The molecule has 1 amide bonds. The summed E-state index contributed by atoms with van der Waals surface area (Å²) in [5, 5.41) is 14.6. The number of anilines is 2. The van der Waals surface area contributed by atoms with Crippen molar-refractivity contribution in [3.05, 3.63) is 63.2 Å². The molecule has 0 spiro atoms. The molecule has 0 aromatic heterocycles. The van der Waals surface area contributed by atoms with Gasteiger partial charge in [0, 0.05) is 67.7 Å². The number of nitrogens with zero attached hydrogens (tertiary/aromatic N) is 4. The van der Waals surface area contributed by atoms with E-state index in [9.17, 15) is 28.1 Å². The number of hydrogen-bond acceptors (Lipinski definition) is 6. The Bertz CT molecular complexity index is 1100. The van der Waals surface area contributed by atoms with Crippen molar-refractivity contribution in [3.8, 4) is 0 Å². The van der Waals surface area contributed by atoms with E-state index >= 15 is 0 Å². The van der Waals surface area contributed by atoms with Crippen LogP contribution in [0.25, 0.3) is 0 Å². The highest BCUT2D eigenvalue weighted by Gasteiger charge is 2.38. The van der Waals surface area contributed by atoms with Gasteiger partial charge in [0.25, 0.3) is 5.69 Å². The van der Waals surface area contributed by atoms with Crippen molar-refractivity contribution in [2.45, 2.75) is 38.4 Å². The minimum atomic E-state index is -4.84. The third-order valence-electron chi connectivity index (χ3n) is 6.67. The smallest absolute Gasteiger partial charge is 0.380 e. The van der Waals surface area contributed by atoms with Gasteiger partial charge < -0.3 is 20.0 Å². The maximum absolute atomic E-state index is 13.2. The first kappa shape index (κ1) is 29.5. The van der Waals surface area contributed by atoms with Crippen LogP contribution in [0.15, 0.2) is 42.5 Å². The van der Waals surface area contributed by atoms with Crippen LogP contribution in [0, 0.1) is 10.1 Å². The van der Waals surface area contributed by atoms with Gasteiger partial charge in [0.2, 0.25) is 5.91 Å². The Morgan fingerprint density at radius 1 is 1.18 bits per heavy atom. The normalized spacial score (nSPS) is 15.7. The maximum Gasteiger partial charge on any atom is 0.423 e. The van der Waals surface area contributed by atoms with Gasteiger partial charge in [-0.05, 0) is 69.8 Å². The molecule has 12 heteroatoms. The molecule has 0 bridgehead atoms. The van der Waals surface area contributed by atoms with Crippen LogP contribution in [0.3, 0.4) is 0 Å². The molecule has 1 heterocycles. The first-order valence-corrected chi connectivity index (χ1v) is 12.9. The number of likely N-dealkylation sites (N-methyl/N-ethyl adjacent to an activating group) is 2. The molecule has 0 saturated carbocycles. The van der Waals surface area contributed by atoms with E-state index in [1.165, 1.54) is 6.07 Å². The fourth-order valence-electron chi connectivity index (χ4n) is 4.54. The van der Waals surface area contributed by atoms with Crippen molar-refractivity contribution < 1.29 is 22.9 Å². The monoisotopic (exact) mass is 555 g/mol. The van der Waals surface area contributed by atoms with Gasteiger partial charge >= 0.3 is 6.18 Å². The number of benzene rings is 2. The largest absolute Gasteiger partial charge is 0.423 e. The summed E-state index contributed by atoms with van der Waals surface area (Å²) >= 11 is 5.98. The number of nitro benzene ring substituents is 1. The zero-order valence-corrected chi connectivity index (χ0v) is 22.3. The van der Waals surface area contributed by atoms with Crippen LogP contribution in [0.5, 0.6) is 0 Å². The number of likely N-dealkylation sites (tertiary alicyclic amines) is 1. The molecule has 1 aliphatic heterocycles. The van der Waals surface area contributed by atoms with Crippen molar-refractivity contribution in [2.24, 2.45) is 0 Å². The Kier molecular flexibility index (Phi) is 10.2. The van der Waals surface area contributed by atoms with Gasteiger partial charge in [0.15, 0.2) is 0 Å². The second-order valence-electron chi connectivity index (χ2n) is 9.42. The summed E-state index contributed by atoms with van der Waals surface area (Å²) in [6, 6.07) is 10.4. The van der Waals surface area contributed by atoms with Crippen LogP contribution in [-0.4, -0.2) is 73.0 Å². The van der Waals surface area contributed by atoms with Crippen LogP contribution >= 0.6 is 11.6 Å². The summed E-state index contributed by atoms with van der Waals surface area (Å²) in [5.41, 5.74) is -1.02. The summed E-state index contributed by atoms with van der Waals surface area (Å²) in [7, 11) is 2.02. The number of hydrogen-bond donors (Lipinski definition) is 1. The number of halogens is 4. The van der Waals surface area contributed by atoms with Crippen molar-refractivity contribution >= 4 is 34.6 Å². The average molecular weight is 556 g/mol. The molecule has 38 heavy (non-hydrogen) atoms. The topological polar surface area (TPSA) is 82.0 Å². The molecular weight excluding hydrogens is 523 g/mol. The lowest BCUT2D eigenvalue weighted by molar-refractivity contribution is -0.388. The fraction of sp³-hybridized carbons (Fsp3) is 0.500. The van der Waals surface area contributed by atoms with Gasteiger partial charge in [-0.1, -0.05) is 11.6 Å². The van der Waals surface area contributed by atoms with E-state index in [4.69, 9.17) is 11.6 Å². The van der Waals surface area contributed by atoms with Gasteiger partial charge in [0.1, 0.15) is 5.56 Å². The SMILES string of the molecule is CCN(CCN(C)CCCC(=O)N1CC[C@@H](Nc2ccc([N+](=O)[O-])c(C(F)(F)F)c2)C1)c1ccc(Cl)cc1. The van der Waals surface area contributed by atoms with E-state index in [2.05, 4.69) is 22.0 Å². The Morgan fingerprint density at radius 2 is 1.89 bits per heavy atom. The lowest BCUT2D eigenvalue weighted by Crippen LogP contribution is -2.34. The number of nitro groups is 1. The van der Waals surface area contributed by atoms with Gasteiger partial charge in [-0.15, -0.1) is 0 Å². The standard InChI is InChI=1S/C26H33ClF3N5O3/c1-3-33(22-9-6-19(27)7-10-22)16-15-32(2)13-4-5-25(36)34-14-12-21(18-34)31-20-8-11-24(35(37)38)23(17-20)26(28,29)30/h6-11,17,21,31H,3-5,12-16,18H2,1-2H3/t21-/m1/s1. The summed E-state index contributed by atoms with van der Waals surface area (Å²) < 4.78 is 39.7. The number of rotatable bonds is 12. The highest BCUT2D eigenvalue weighted by molar-refractivity contribution is 6.30. The fourth-order valence-corrected chi connectivity index (χ4v) is 4.66. The summed E-state index contributed by atoms with van der Waals surface area (Å²) in [5.74, 6) is 0.0127. The number of amides is 1. The first-order chi connectivity index (χ1) is 18.0. The number of alkyl halides is 3. The molecule has 1 atom stereocenters. The Labute approximate surface area is 225 Å². The summed E-state index contributed by atoms with van der Waals surface area (Å²) in [6.07, 6.45) is -3.16. The molecule has 1 aliphatic rings. The van der Waals surface area contributed by atoms with Gasteiger partial charge in [-0.2, -0.15) is 13.2 Å². The Balaban J connectivity index is 1.42. The van der Waals surface area contributed by atoms with Crippen LogP contribution in [0.4, 0.5) is 30.2 Å². The van der Waals surface area contributed by atoms with E-state index < -0.39 is 22.4 Å². The zero-order chi connectivity index (χ0) is 27.9. The molecule has 0 unspecified atom stereocenters. The Morgan fingerprint density at radius 3 is 2.53 bits per heavy atom. The van der Waals surface area contributed by atoms with Gasteiger partial charge in [-0.25, -0.2) is 0 Å². The molecule has 0 radical (unpaired) electrons. The van der Waals surface area contributed by atoms with Crippen molar-refractivity contribution in [2.75, 3.05) is 56.5 Å². The van der Waals surface area contributed by atoms with Gasteiger partial charge in [-0.3, -0.25) is 14.9 Å². The van der Waals surface area contributed by atoms with E-state index in [0.717, 1.165) is 44.0 Å². The number of nitrogens with one attached hydrogen (secondary N) is 1. The molecule has 0 aliphatic carbocycles. The average Bonchev–Trinajstić information content (AvgIpc) is 3.33. The first-order valence-electron chi connectivity index (χ1n) is 12.6. The second kappa shape index (κ2) is 13.1. The molecule has 8 nitrogen and oxygen atoms in total. The third kappa shape index (κ3) is 8.22. The molecule has 2 aromatic rings. The molecule has 2 aromatic carbocycles. The minimum Gasteiger partial charge on any atom is -0.380 e. The highest BCUT2D eigenvalue weighted by atomic mass is 35.5. The summed E-state index contributed by atoms with van der Waals surface area (Å²) in [6.45, 7) is 6.31. The quantitative estimate of drug-likeness (QED) is 0.274. The molecule has 1 fully saturated rings. The molecule has 208 valence electrons. The van der Waals surface area contributed by atoms with E-state index in [1.807, 2.05) is 31.3 Å². The van der Waals surface area contributed by atoms with Crippen molar-refractivity contribution in [1.82, 2.24) is 9.80 Å². The lowest BCUT2D eigenvalue weighted by atomic mass is 10.1. The predicted octanol–water partition coefficient (Wildman–Crippen LogP) is 5.52. The molecule has 3 rings (SSSR count). The number of carbonyl (C=O) groups excluding carboxylic acids is 1. The summed E-state index contributed by atoms with van der Waals surface area (Å²) in [4.78, 5) is 28.8. The molecule has 1 N–H and O–H groups in total. The van der Waals surface area contributed by atoms with E-state index in [0.29, 0.717) is 37.4 Å². The third-order valence-corrected chi connectivity index (χ3v) is 6.92. The van der Waals surface area contributed by atoms with Crippen molar-refractivity contribution in [3.63, 3.8) is 0 Å². The highest BCUT2D eigenvalue weighted by Crippen LogP contribution is 2.37. The molecular formula is C26H33ClF3N5O3. The van der Waals surface area contributed by atoms with Crippen LogP contribution < -0.4 is 10.2 Å². The Hall–Kier alpha value is -3.05. The predicted molar refractivity (Wildman–Crippen MR) is 143 cm³/mol. The van der Waals surface area contributed by atoms with E-state index in [1.54, 1.807) is 4.90 Å². The van der Waals surface area contributed by atoms with Crippen LogP contribution in [0.1, 0.15) is 31.7 Å². The van der Waals surface area contributed by atoms with Gasteiger partial charge in [0.05, 0.1) is 4.92 Å².